The van der Waals surface area contributed by atoms with E-state index in [0.717, 1.165) is 18.4 Å². The molecule has 1 saturated heterocycles. The maximum Gasteiger partial charge on any atom is 0.282 e. The number of hydrogen-bond donors (Lipinski definition) is 0. The lowest BCUT2D eigenvalue weighted by Gasteiger charge is -2.31. The molecule has 1 aromatic carbocycles. The molecule has 0 saturated carbocycles. The van der Waals surface area contributed by atoms with Crippen LogP contribution in [0.5, 0.6) is 0 Å². The Labute approximate surface area is 168 Å². The summed E-state index contributed by atoms with van der Waals surface area (Å²) in [6, 6.07) is 5.89. The standard InChI is InChI=1S/C18H15ClN4O4S/c19-13-3-4-15(23(25)26)14(8-13)18(24)22-6-1-2-11(9-22)16-20-21-17(27-16)12-5-7-28-10-12/h3-5,7-8,10-11H,1-2,6,9H2. The van der Waals surface area contributed by atoms with Crippen LogP contribution in [0.2, 0.25) is 5.02 Å². The first-order valence-corrected chi connectivity index (χ1v) is 9.94. The number of nitro benzene ring substituents is 1. The lowest BCUT2D eigenvalue weighted by molar-refractivity contribution is -0.385. The van der Waals surface area contributed by atoms with E-state index < -0.39 is 10.8 Å². The molecule has 1 aliphatic rings. The molecule has 0 spiro atoms. The summed E-state index contributed by atoms with van der Waals surface area (Å²) in [5.41, 5.74) is 0.596. The molecule has 3 aromatic rings. The highest BCUT2D eigenvalue weighted by molar-refractivity contribution is 7.08. The van der Waals surface area contributed by atoms with Gasteiger partial charge in [0.25, 0.3) is 11.6 Å². The second-order valence-electron chi connectivity index (χ2n) is 6.47. The zero-order chi connectivity index (χ0) is 19.7. The van der Waals surface area contributed by atoms with Gasteiger partial charge in [-0.3, -0.25) is 14.9 Å². The number of hydrogen-bond acceptors (Lipinski definition) is 7. The van der Waals surface area contributed by atoms with E-state index in [1.807, 2.05) is 16.8 Å². The Balaban J connectivity index is 1.55. The molecule has 1 unspecified atom stereocenters. The number of rotatable bonds is 4. The van der Waals surface area contributed by atoms with Gasteiger partial charge < -0.3 is 9.32 Å². The first-order valence-electron chi connectivity index (χ1n) is 8.62. The number of aromatic nitrogens is 2. The van der Waals surface area contributed by atoms with Gasteiger partial charge in [0.2, 0.25) is 11.8 Å². The van der Waals surface area contributed by atoms with Crippen LogP contribution in [0.15, 0.2) is 39.4 Å². The normalized spacial score (nSPS) is 16.9. The topological polar surface area (TPSA) is 102 Å². The zero-order valence-corrected chi connectivity index (χ0v) is 16.2. The van der Waals surface area contributed by atoms with Crippen molar-refractivity contribution in [3.63, 3.8) is 0 Å². The lowest BCUT2D eigenvalue weighted by atomic mass is 9.97. The molecule has 10 heteroatoms. The Morgan fingerprint density at radius 2 is 2.21 bits per heavy atom. The van der Waals surface area contributed by atoms with Crippen LogP contribution in [0.25, 0.3) is 11.5 Å². The third kappa shape index (κ3) is 3.63. The highest BCUT2D eigenvalue weighted by atomic mass is 35.5. The molecule has 0 radical (unpaired) electrons. The fraction of sp³-hybridized carbons (Fsp3) is 0.278. The monoisotopic (exact) mass is 418 g/mol. The number of piperidine rings is 1. The Morgan fingerprint density at radius 3 is 2.96 bits per heavy atom. The maximum atomic E-state index is 12.9. The fourth-order valence-electron chi connectivity index (χ4n) is 3.27. The third-order valence-electron chi connectivity index (χ3n) is 4.65. The first-order chi connectivity index (χ1) is 13.5. The molecule has 1 fully saturated rings. The molecule has 0 aliphatic carbocycles. The van der Waals surface area contributed by atoms with Crippen molar-refractivity contribution in [2.45, 2.75) is 18.8 Å². The number of carbonyl (C=O) groups excluding carboxylic acids is 1. The predicted molar refractivity (Wildman–Crippen MR) is 104 cm³/mol. The van der Waals surface area contributed by atoms with Gasteiger partial charge in [-0.2, -0.15) is 11.3 Å². The molecule has 1 amide bonds. The van der Waals surface area contributed by atoms with Crippen LogP contribution in [0.4, 0.5) is 5.69 Å². The molecular formula is C18H15ClN4O4S. The van der Waals surface area contributed by atoms with Crippen molar-refractivity contribution in [1.29, 1.82) is 0 Å². The quantitative estimate of drug-likeness (QED) is 0.460. The van der Waals surface area contributed by atoms with Crippen molar-refractivity contribution in [3.05, 3.63) is 61.6 Å². The van der Waals surface area contributed by atoms with E-state index >= 15 is 0 Å². The summed E-state index contributed by atoms with van der Waals surface area (Å²) in [5, 5.41) is 23.6. The van der Waals surface area contributed by atoms with Crippen LogP contribution < -0.4 is 0 Å². The molecule has 2 aromatic heterocycles. The highest BCUT2D eigenvalue weighted by Crippen LogP contribution is 2.31. The summed E-state index contributed by atoms with van der Waals surface area (Å²) in [4.78, 5) is 25.2. The van der Waals surface area contributed by atoms with E-state index in [9.17, 15) is 14.9 Å². The van der Waals surface area contributed by atoms with Crippen molar-refractivity contribution in [2.24, 2.45) is 0 Å². The van der Waals surface area contributed by atoms with E-state index in [2.05, 4.69) is 10.2 Å². The molecule has 1 aliphatic heterocycles. The van der Waals surface area contributed by atoms with Crippen molar-refractivity contribution in [2.75, 3.05) is 13.1 Å². The van der Waals surface area contributed by atoms with Gasteiger partial charge in [0.05, 0.1) is 10.8 Å². The van der Waals surface area contributed by atoms with E-state index in [1.165, 1.54) is 29.5 Å². The summed E-state index contributed by atoms with van der Waals surface area (Å²) in [7, 11) is 0. The predicted octanol–water partition coefficient (Wildman–Crippen LogP) is 4.38. The number of thiophene rings is 1. The largest absolute Gasteiger partial charge is 0.420 e. The molecule has 8 nitrogen and oxygen atoms in total. The minimum absolute atomic E-state index is 0.0114. The highest BCUT2D eigenvalue weighted by Gasteiger charge is 2.32. The second-order valence-corrected chi connectivity index (χ2v) is 7.68. The summed E-state index contributed by atoms with van der Waals surface area (Å²) < 4.78 is 5.80. The average molecular weight is 419 g/mol. The van der Waals surface area contributed by atoms with Gasteiger partial charge in [0.15, 0.2) is 0 Å². The number of likely N-dealkylation sites (tertiary alicyclic amines) is 1. The summed E-state index contributed by atoms with van der Waals surface area (Å²) in [6.45, 7) is 0.859. The first kappa shape index (κ1) is 18.6. The zero-order valence-electron chi connectivity index (χ0n) is 14.6. The van der Waals surface area contributed by atoms with Gasteiger partial charge in [-0.1, -0.05) is 11.6 Å². The minimum atomic E-state index is -0.573. The Bertz CT molecular complexity index is 1020. The van der Waals surface area contributed by atoms with Crippen molar-refractivity contribution >= 4 is 34.5 Å². The Hall–Kier alpha value is -2.78. The van der Waals surface area contributed by atoms with Crippen LogP contribution in [0, 0.1) is 10.1 Å². The molecule has 28 heavy (non-hydrogen) atoms. The van der Waals surface area contributed by atoms with Crippen molar-refractivity contribution in [1.82, 2.24) is 15.1 Å². The average Bonchev–Trinajstić information content (AvgIpc) is 3.38. The van der Waals surface area contributed by atoms with E-state index in [4.69, 9.17) is 16.0 Å². The van der Waals surface area contributed by atoms with Crippen LogP contribution in [0.3, 0.4) is 0 Å². The smallest absolute Gasteiger partial charge is 0.282 e. The number of nitro groups is 1. The number of nitrogens with zero attached hydrogens (tertiary/aromatic N) is 4. The van der Waals surface area contributed by atoms with Crippen molar-refractivity contribution < 1.29 is 14.1 Å². The third-order valence-corrected chi connectivity index (χ3v) is 5.57. The second kappa shape index (κ2) is 7.69. The molecule has 1 atom stereocenters. The van der Waals surface area contributed by atoms with E-state index in [1.54, 1.807) is 4.90 Å². The van der Waals surface area contributed by atoms with Crippen LogP contribution in [-0.2, 0) is 0 Å². The number of amides is 1. The van der Waals surface area contributed by atoms with Crippen molar-refractivity contribution in [3.8, 4) is 11.5 Å². The minimum Gasteiger partial charge on any atom is -0.420 e. The number of benzene rings is 1. The number of carbonyl (C=O) groups is 1. The van der Waals surface area contributed by atoms with Gasteiger partial charge in [-0.25, -0.2) is 0 Å². The van der Waals surface area contributed by atoms with E-state index in [0.29, 0.717) is 24.9 Å². The summed E-state index contributed by atoms with van der Waals surface area (Å²) >= 11 is 7.49. The van der Waals surface area contributed by atoms with Gasteiger partial charge in [-0.15, -0.1) is 10.2 Å². The molecule has 4 rings (SSSR count). The number of halogens is 1. The van der Waals surface area contributed by atoms with Gasteiger partial charge in [-0.05, 0) is 36.4 Å². The lowest BCUT2D eigenvalue weighted by Crippen LogP contribution is -2.39. The Kier molecular flexibility index (Phi) is 5.10. The molecule has 3 heterocycles. The molecule has 0 N–H and O–H groups in total. The van der Waals surface area contributed by atoms with Gasteiger partial charge in [0.1, 0.15) is 5.56 Å². The van der Waals surface area contributed by atoms with Crippen LogP contribution in [-0.4, -0.2) is 39.0 Å². The molecule has 144 valence electrons. The summed E-state index contributed by atoms with van der Waals surface area (Å²) in [5.74, 6) is 0.386. The Morgan fingerprint density at radius 1 is 1.36 bits per heavy atom. The van der Waals surface area contributed by atoms with Gasteiger partial charge in [0, 0.05) is 35.1 Å². The van der Waals surface area contributed by atoms with Gasteiger partial charge >= 0.3 is 0 Å². The van der Waals surface area contributed by atoms with Crippen LogP contribution >= 0.6 is 22.9 Å². The SMILES string of the molecule is O=C(c1cc(Cl)ccc1[N+](=O)[O-])N1CCCC(c2nnc(-c3ccsc3)o2)C1. The van der Waals surface area contributed by atoms with Crippen LogP contribution in [0.1, 0.15) is 35.0 Å². The molecule has 0 bridgehead atoms. The maximum absolute atomic E-state index is 12.9. The van der Waals surface area contributed by atoms with E-state index in [-0.39, 0.29) is 22.2 Å². The summed E-state index contributed by atoms with van der Waals surface area (Å²) in [6.07, 6.45) is 1.54. The molecular weight excluding hydrogens is 404 g/mol. The fourth-order valence-corrected chi connectivity index (χ4v) is 4.08.